The van der Waals surface area contributed by atoms with E-state index in [9.17, 15) is 0 Å². The molecule has 2 atom stereocenters. The first-order valence-electron chi connectivity index (χ1n) is 16.0. The van der Waals surface area contributed by atoms with E-state index in [1.807, 2.05) is 0 Å². The van der Waals surface area contributed by atoms with Crippen molar-refractivity contribution in [2.24, 2.45) is 0 Å². The number of allylic oxidation sites excluding steroid dienone is 2. The van der Waals surface area contributed by atoms with Crippen LogP contribution in [0.15, 0.2) is 65.7 Å². The standard InChI is InChI=1S/C39H48Si.2ClH.Zr/c1-23(2)29-19-31-17-27(9)38(36(31)34(21-29)25(5)6)40(11,33-15-13-12-14-16-33)39-28(10)18-32-20-30(24(3)4)22-35(26(7)8)37(32)39;;;/h12-26H,1-11H3;2*1H;/q;;;+2/p-2. The maximum Gasteiger partial charge on any atom is -1.00 e. The molecule has 0 N–H and O–H groups in total. The van der Waals surface area contributed by atoms with Crippen LogP contribution in [0.2, 0.25) is 6.55 Å². The zero-order valence-corrected chi connectivity index (χ0v) is 32.9. The van der Waals surface area contributed by atoms with Crippen LogP contribution < -0.4 is 30.0 Å². The molecule has 3 aromatic rings. The van der Waals surface area contributed by atoms with Crippen LogP contribution in [0, 0.1) is 0 Å². The van der Waals surface area contributed by atoms with Gasteiger partial charge in [-0.15, -0.1) is 0 Å². The topological polar surface area (TPSA) is 0 Å². The summed E-state index contributed by atoms with van der Waals surface area (Å²) in [4.78, 5) is 0. The van der Waals surface area contributed by atoms with Gasteiger partial charge < -0.3 is 24.8 Å². The van der Waals surface area contributed by atoms with Gasteiger partial charge in [-0.2, -0.15) is 0 Å². The van der Waals surface area contributed by atoms with Crippen LogP contribution in [-0.4, -0.2) is 8.07 Å². The van der Waals surface area contributed by atoms with E-state index >= 15 is 0 Å². The molecular formula is C39H48Cl2SiZr. The van der Waals surface area contributed by atoms with E-state index in [0.29, 0.717) is 30.9 Å². The predicted octanol–water partition coefficient (Wildman–Crippen LogP) is 4.71. The van der Waals surface area contributed by atoms with E-state index in [2.05, 4.69) is 130 Å². The van der Waals surface area contributed by atoms with E-state index in [1.54, 1.807) is 60.1 Å². The Bertz CT molecular complexity index is 1510. The summed E-state index contributed by atoms with van der Waals surface area (Å²) < 4.78 is 1.32. The molecule has 0 radical (unpaired) electrons. The van der Waals surface area contributed by atoms with E-state index in [4.69, 9.17) is 0 Å². The first kappa shape index (κ1) is 34.7. The van der Waals surface area contributed by atoms with Gasteiger partial charge in [0.15, 0.2) is 0 Å². The van der Waals surface area contributed by atoms with Crippen molar-refractivity contribution in [1.82, 2.24) is 0 Å². The zero-order valence-electron chi connectivity index (χ0n) is 27.9. The Hall–Kier alpha value is -1.18. The second kappa shape index (κ2) is 12.5. The summed E-state index contributed by atoms with van der Waals surface area (Å²) in [6.45, 7) is 27.1. The van der Waals surface area contributed by atoms with Crippen molar-refractivity contribution in [3.63, 3.8) is 0 Å². The van der Waals surface area contributed by atoms with Crippen LogP contribution >= 0.6 is 0 Å². The van der Waals surface area contributed by atoms with Gasteiger partial charge in [0.1, 0.15) is 0 Å². The number of halogens is 2. The van der Waals surface area contributed by atoms with Gasteiger partial charge in [0.05, 0.1) is 0 Å². The fourth-order valence-corrected chi connectivity index (χ4v) is 18.9. The monoisotopic (exact) mass is 704 g/mol. The molecule has 1 aliphatic heterocycles. The normalized spacial score (nSPS) is 21.7. The van der Waals surface area contributed by atoms with Crippen molar-refractivity contribution >= 4 is 23.7 Å². The second-order valence-corrected chi connectivity index (χ2v) is 21.9. The van der Waals surface area contributed by atoms with E-state index in [1.165, 1.54) is 11.1 Å². The molecule has 3 aromatic carbocycles. The molecule has 2 aliphatic carbocycles. The SMILES string of the molecule is CC1=C2c3c(C(C)C)cc(C(C)C)cc3[CH]1[Zr+2][CH]1C(C)=C(c3c(C(C)C)cc(C(C)C)cc31)[Si]2(C)c1ccccc1.[Cl-].[Cl-]. The maximum absolute atomic E-state index is 2.73. The Balaban J connectivity index is 0.00000212. The smallest absolute Gasteiger partial charge is 1.00 e. The molecule has 43 heavy (non-hydrogen) atoms. The van der Waals surface area contributed by atoms with Crippen molar-refractivity contribution in [2.45, 2.75) is 107 Å². The molecule has 2 unspecified atom stereocenters. The molecule has 0 nitrogen and oxygen atoms in total. The van der Waals surface area contributed by atoms with Crippen LogP contribution in [0.25, 0.3) is 10.4 Å². The summed E-state index contributed by atoms with van der Waals surface area (Å²) in [5.41, 5.74) is 16.5. The number of benzene rings is 3. The van der Waals surface area contributed by atoms with Crippen LogP contribution in [-0.2, 0) is 23.2 Å². The number of hydrogen-bond acceptors (Lipinski definition) is 0. The predicted molar refractivity (Wildman–Crippen MR) is 178 cm³/mol. The minimum absolute atomic E-state index is 0. The van der Waals surface area contributed by atoms with Crippen molar-refractivity contribution in [1.29, 1.82) is 0 Å². The van der Waals surface area contributed by atoms with Gasteiger partial charge in [-0.05, 0) is 0 Å². The molecule has 6 rings (SSSR count). The van der Waals surface area contributed by atoms with Gasteiger partial charge in [-0.25, -0.2) is 0 Å². The average Bonchev–Trinajstić information content (AvgIpc) is 3.39. The van der Waals surface area contributed by atoms with Crippen LogP contribution in [0.3, 0.4) is 0 Å². The summed E-state index contributed by atoms with van der Waals surface area (Å²) in [6, 6.07) is 22.3. The van der Waals surface area contributed by atoms with Crippen molar-refractivity contribution in [3.8, 4) is 0 Å². The Labute approximate surface area is 286 Å². The van der Waals surface area contributed by atoms with Crippen LogP contribution in [0.5, 0.6) is 0 Å². The van der Waals surface area contributed by atoms with Crippen molar-refractivity contribution in [3.05, 3.63) is 110 Å². The third-order valence-electron chi connectivity index (χ3n) is 10.5. The summed E-state index contributed by atoms with van der Waals surface area (Å²) in [6.07, 6.45) is 0. The van der Waals surface area contributed by atoms with Crippen molar-refractivity contribution in [2.75, 3.05) is 0 Å². The van der Waals surface area contributed by atoms with Crippen LogP contribution in [0.4, 0.5) is 0 Å². The maximum atomic E-state index is 2.73. The Morgan fingerprint density at radius 2 is 0.977 bits per heavy atom. The molecule has 0 spiro atoms. The third-order valence-corrected chi connectivity index (χ3v) is 20.6. The molecular weight excluding hydrogens is 659 g/mol. The Kier molecular flexibility index (Phi) is 10.1. The van der Waals surface area contributed by atoms with E-state index in [-0.39, 0.29) is 24.8 Å². The van der Waals surface area contributed by atoms with Gasteiger partial charge in [-0.1, -0.05) is 0 Å². The molecule has 1 heterocycles. The molecule has 0 aromatic heterocycles. The summed E-state index contributed by atoms with van der Waals surface area (Å²) in [7, 11) is -2.36. The van der Waals surface area contributed by atoms with E-state index < -0.39 is 31.3 Å². The largest absolute Gasteiger partial charge is 1.00 e. The molecule has 0 saturated carbocycles. The zero-order chi connectivity index (χ0) is 29.5. The van der Waals surface area contributed by atoms with Crippen LogP contribution in [0.1, 0.15) is 145 Å². The average molecular weight is 707 g/mol. The van der Waals surface area contributed by atoms with Crippen molar-refractivity contribution < 1.29 is 48.0 Å². The summed E-state index contributed by atoms with van der Waals surface area (Å²) in [5, 5.41) is 5.12. The third kappa shape index (κ3) is 5.19. The van der Waals surface area contributed by atoms with Gasteiger partial charge in [0.25, 0.3) is 0 Å². The second-order valence-electron chi connectivity index (χ2n) is 14.4. The fourth-order valence-electron chi connectivity index (χ4n) is 8.25. The molecule has 0 fully saturated rings. The fraction of sp³-hybridized carbons (Fsp3) is 0.436. The minimum atomic E-state index is -2.36. The number of hydrogen-bond donors (Lipinski definition) is 0. The Morgan fingerprint density at radius 3 is 1.33 bits per heavy atom. The first-order valence-corrected chi connectivity index (χ1v) is 21.3. The molecule has 4 heteroatoms. The molecule has 226 valence electrons. The van der Waals surface area contributed by atoms with Gasteiger partial charge in [0, 0.05) is 0 Å². The minimum Gasteiger partial charge on any atom is -1.00 e. The summed E-state index contributed by atoms with van der Waals surface area (Å²) >= 11 is -0.921. The first-order chi connectivity index (χ1) is 19.4. The quantitative estimate of drug-likeness (QED) is 0.338. The number of rotatable bonds is 5. The summed E-state index contributed by atoms with van der Waals surface area (Å²) in [5.74, 6) is 2.14. The molecule has 0 amide bonds. The Morgan fingerprint density at radius 1 is 0.581 bits per heavy atom. The molecule has 3 aliphatic rings. The van der Waals surface area contributed by atoms with Gasteiger partial charge in [0.2, 0.25) is 0 Å². The van der Waals surface area contributed by atoms with E-state index in [0.717, 1.165) is 0 Å². The molecule has 0 saturated heterocycles. The molecule has 4 bridgehead atoms. The van der Waals surface area contributed by atoms with Gasteiger partial charge in [-0.3, -0.25) is 0 Å². The number of fused-ring (bicyclic) bond motifs is 8. The van der Waals surface area contributed by atoms with Gasteiger partial charge >= 0.3 is 264 Å².